The molecule has 1 heterocycles. The second-order valence-electron chi connectivity index (χ2n) is 5.25. The van der Waals surface area contributed by atoms with Crippen molar-refractivity contribution in [1.82, 2.24) is 4.98 Å². The molecule has 3 aromatic rings. The standard InChI is InChI=1S/C18H14Cl2N2OS2/c1-11-7-8-13(19)17(16(11)20)22-15(23)10-25-18-21-14(9-24-18)12-5-3-2-4-6-12/h2-9H,10H2,1H3,(H,22,23). The molecule has 0 saturated carbocycles. The number of aromatic nitrogens is 1. The molecule has 3 nitrogen and oxygen atoms in total. The molecule has 2 aromatic carbocycles. The molecular weight excluding hydrogens is 395 g/mol. The van der Waals surface area contributed by atoms with Crippen LogP contribution in [0.5, 0.6) is 0 Å². The average Bonchev–Trinajstić information content (AvgIpc) is 3.10. The Morgan fingerprint density at radius 1 is 1.20 bits per heavy atom. The molecule has 0 aliphatic rings. The molecule has 0 bridgehead atoms. The van der Waals surface area contributed by atoms with Gasteiger partial charge in [-0.3, -0.25) is 4.79 Å². The minimum absolute atomic E-state index is 0.170. The number of carbonyl (C=O) groups is 1. The molecule has 1 amide bonds. The van der Waals surface area contributed by atoms with E-state index in [2.05, 4.69) is 10.3 Å². The molecule has 3 rings (SSSR count). The molecule has 1 N–H and O–H groups in total. The van der Waals surface area contributed by atoms with Crippen molar-refractivity contribution < 1.29 is 4.79 Å². The van der Waals surface area contributed by atoms with Gasteiger partial charge in [-0.05, 0) is 18.6 Å². The van der Waals surface area contributed by atoms with Gasteiger partial charge in [0.2, 0.25) is 5.91 Å². The topological polar surface area (TPSA) is 42.0 Å². The predicted octanol–water partition coefficient (Wildman–Crippen LogP) is 6.16. The second kappa shape index (κ2) is 8.23. The number of hydrogen-bond acceptors (Lipinski definition) is 4. The van der Waals surface area contributed by atoms with Crippen LogP contribution in [0.3, 0.4) is 0 Å². The third-order valence-corrected chi connectivity index (χ3v) is 6.25. The number of aryl methyl sites for hydroxylation is 1. The highest BCUT2D eigenvalue weighted by molar-refractivity contribution is 8.01. The summed E-state index contributed by atoms with van der Waals surface area (Å²) in [4.78, 5) is 16.8. The largest absolute Gasteiger partial charge is 0.323 e. The van der Waals surface area contributed by atoms with Gasteiger partial charge in [-0.25, -0.2) is 4.98 Å². The number of thiazole rings is 1. The molecule has 25 heavy (non-hydrogen) atoms. The normalized spacial score (nSPS) is 10.7. The van der Waals surface area contributed by atoms with E-state index in [-0.39, 0.29) is 11.7 Å². The van der Waals surface area contributed by atoms with Gasteiger partial charge in [-0.2, -0.15) is 0 Å². The van der Waals surface area contributed by atoms with Gasteiger partial charge >= 0.3 is 0 Å². The zero-order chi connectivity index (χ0) is 17.8. The van der Waals surface area contributed by atoms with Gasteiger partial charge in [0.05, 0.1) is 27.2 Å². The summed E-state index contributed by atoms with van der Waals surface area (Å²) in [6, 6.07) is 13.5. The predicted molar refractivity (Wildman–Crippen MR) is 108 cm³/mol. The summed E-state index contributed by atoms with van der Waals surface area (Å²) in [5, 5.41) is 5.66. The first-order valence-corrected chi connectivity index (χ1v) is 10.0. The second-order valence-corrected chi connectivity index (χ2v) is 8.12. The van der Waals surface area contributed by atoms with Crippen molar-refractivity contribution in [2.24, 2.45) is 0 Å². The van der Waals surface area contributed by atoms with E-state index in [1.165, 1.54) is 23.1 Å². The summed E-state index contributed by atoms with van der Waals surface area (Å²) in [6.07, 6.45) is 0. The Morgan fingerprint density at radius 2 is 1.96 bits per heavy atom. The first kappa shape index (κ1) is 18.3. The quantitative estimate of drug-likeness (QED) is 0.514. The van der Waals surface area contributed by atoms with Crippen LogP contribution in [0, 0.1) is 6.92 Å². The fraction of sp³-hybridized carbons (Fsp3) is 0.111. The maximum absolute atomic E-state index is 12.2. The number of thioether (sulfide) groups is 1. The Kier molecular flexibility index (Phi) is 6.02. The lowest BCUT2D eigenvalue weighted by Gasteiger charge is -2.10. The SMILES string of the molecule is Cc1ccc(Cl)c(NC(=O)CSc2nc(-c3ccccc3)cs2)c1Cl. The van der Waals surface area contributed by atoms with Crippen molar-refractivity contribution in [2.45, 2.75) is 11.3 Å². The van der Waals surface area contributed by atoms with Gasteiger partial charge in [0, 0.05) is 10.9 Å². The van der Waals surface area contributed by atoms with Crippen molar-refractivity contribution >= 4 is 57.9 Å². The van der Waals surface area contributed by atoms with Crippen LogP contribution in [0.15, 0.2) is 52.2 Å². The summed E-state index contributed by atoms with van der Waals surface area (Å²) in [7, 11) is 0. The molecular formula is C18H14Cl2N2OS2. The van der Waals surface area contributed by atoms with Gasteiger partial charge in [0.25, 0.3) is 0 Å². The van der Waals surface area contributed by atoms with E-state index < -0.39 is 0 Å². The van der Waals surface area contributed by atoms with Crippen LogP contribution in [0.1, 0.15) is 5.56 Å². The van der Waals surface area contributed by atoms with Crippen LogP contribution < -0.4 is 5.32 Å². The molecule has 0 saturated heterocycles. The van der Waals surface area contributed by atoms with Crippen molar-refractivity contribution in [1.29, 1.82) is 0 Å². The van der Waals surface area contributed by atoms with Gasteiger partial charge in [-0.1, -0.05) is 71.4 Å². The van der Waals surface area contributed by atoms with Gasteiger partial charge in [0.1, 0.15) is 0 Å². The number of amides is 1. The van der Waals surface area contributed by atoms with Crippen LogP contribution in [0.25, 0.3) is 11.3 Å². The van der Waals surface area contributed by atoms with Gasteiger partial charge in [-0.15, -0.1) is 11.3 Å². The lowest BCUT2D eigenvalue weighted by Crippen LogP contribution is -2.14. The van der Waals surface area contributed by atoms with E-state index in [1.807, 2.05) is 48.7 Å². The van der Waals surface area contributed by atoms with Crippen LogP contribution in [0.2, 0.25) is 10.0 Å². The Balaban J connectivity index is 1.62. The summed E-state index contributed by atoms with van der Waals surface area (Å²) >= 11 is 15.2. The Hall–Kier alpha value is -1.53. The summed E-state index contributed by atoms with van der Waals surface area (Å²) in [5.41, 5.74) is 3.30. The number of nitrogens with zero attached hydrogens (tertiary/aromatic N) is 1. The Labute approximate surface area is 164 Å². The number of rotatable bonds is 5. The van der Waals surface area contributed by atoms with Crippen LogP contribution in [-0.4, -0.2) is 16.6 Å². The minimum atomic E-state index is -0.170. The molecule has 0 unspecified atom stereocenters. The van der Waals surface area contributed by atoms with Gasteiger partial charge < -0.3 is 5.32 Å². The summed E-state index contributed by atoms with van der Waals surface area (Å²) in [5.74, 6) is 0.0679. The third-order valence-electron chi connectivity index (χ3n) is 3.43. The third kappa shape index (κ3) is 4.55. The monoisotopic (exact) mass is 408 g/mol. The van der Waals surface area contributed by atoms with Crippen molar-refractivity contribution in [2.75, 3.05) is 11.1 Å². The summed E-state index contributed by atoms with van der Waals surface area (Å²) < 4.78 is 0.843. The highest BCUT2D eigenvalue weighted by Gasteiger charge is 2.13. The average molecular weight is 409 g/mol. The Bertz CT molecular complexity index is 897. The van der Waals surface area contributed by atoms with E-state index >= 15 is 0 Å². The zero-order valence-corrected chi connectivity index (χ0v) is 16.4. The highest BCUT2D eigenvalue weighted by Crippen LogP contribution is 2.33. The first-order chi connectivity index (χ1) is 12.0. The van der Waals surface area contributed by atoms with E-state index in [1.54, 1.807) is 6.07 Å². The van der Waals surface area contributed by atoms with Crippen molar-refractivity contribution in [3.63, 3.8) is 0 Å². The number of benzene rings is 2. The minimum Gasteiger partial charge on any atom is -0.323 e. The summed E-state index contributed by atoms with van der Waals surface area (Å²) in [6.45, 7) is 1.86. The first-order valence-electron chi connectivity index (χ1n) is 7.43. The molecule has 0 radical (unpaired) electrons. The number of anilines is 1. The molecule has 0 atom stereocenters. The number of hydrogen-bond donors (Lipinski definition) is 1. The van der Waals surface area contributed by atoms with Crippen molar-refractivity contribution in [3.8, 4) is 11.3 Å². The maximum Gasteiger partial charge on any atom is 0.234 e. The van der Waals surface area contributed by atoms with Gasteiger partial charge in [0.15, 0.2) is 4.34 Å². The molecule has 0 aliphatic carbocycles. The number of halogens is 2. The molecule has 0 aliphatic heterocycles. The Morgan fingerprint density at radius 3 is 2.72 bits per heavy atom. The lowest BCUT2D eigenvalue weighted by molar-refractivity contribution is -0.113. The fourth-order valence-corrected chi connectivity index (χ4v) is 4.24. The zero-order valence-electron chi connectivity index (χ0n) is 13.3. The molecule has 7 heteroatoms. The van der Waals surface area contributed by atoms with E-state index in [9.17, 15) is 4.79 Å². The number of nitrogens with one attached hydrogen (secondary N) is 1. The molecule has 0 fully saturated rings. The smallest absolute Gasteiger partial charge is 0.234 e. The lowest BCUT2D eigenvalue weighted by atomic mass is 10.2. The van der Waals surface area contributed by atoms with Crippen LogP contribution >= 0.6 is 46.3 Å². The number of carbonyl (C=O) groups excluding carboxylic acids is 1. The van der Waals surface area contributed by atoms with Crippen LogP contribution in [-0.2, 0) is 4.79 Å². The maximum atomic E-state index is 12.2. The fourth-order valence-electron chi connectivity index (χ4n) is 2.14. The molecule has 1 aromatic heterocycles. The van der Waals surface area contributed by atoms with E-state index in [0.29, 0.717) is 15.7 Å². The highest BCUT2D eigenvalue weighted by atomic mass is 35.5. The van der Waals surface area contributed by atoms with Crippen molar-refractivity contribution in [3.05, 3.63) is 63.5 Å². The molecule has 128 valence electrons. The van der Waals surface area contributed by atoms with E-state index in [0.717, 1.165) is 21.2 Å². The van der Waals surface area contributed by atoms with Crippen LogP contribution in [0.4, 0.5) is 5.69 Å². The molecule has 0 spiro atoms. The van der Waals surface area contributed by atoms with E-state index in [4.69, 9.17) is 23.2 Å².